The van der Waals surface area contributed by atoms with E-state index in [1.165, 1.54) is 12.1 Å². The topological polar surface area (TPSA) is 29.4 Å². The van der Waals surface area contributed by atoms with Gasteiger partial charge in [-0.25, -0.2) is 8.60 Å². The van der Waals surface area contributed by atoms with E-state index in [2.05, 4.69) is 4.36 Å². The van der Waals surface area contributed by atoms with Crippen LogP contribution in [0.2, 0.25) is 0 Å². The Hall–Kier alpha value is -0.900. The van der Waals surface area contributed by atoms with Crippen molar-refractivity contribution in [3.05, 3.63) is 30.1 Å². The molecule has 1 saturated heterocycles. The van der Waals surface area contributed by atoms with Crippen LogP contribution in [0.25, 0.3) is 0 Å². The molecule has 0 unspecified atom stereocenters. The van der Waals surface area contributed by atoms with Crippen LogP contribution in [-0.2, 0) is 9.73 Å². The SMILES string of the molecule is O=S1(=Nc2cccc(F)c2)CCC1. The van der Waals surface area contributed by atoms with E-state index >= 15 is 0 Å². The van der Waals surface area contributed by atoms with Crippen molar-refractivity contribution >= 4 is 15.4 Å². The van der Waals surface area contributed by atoms with Gasteiger partial charge in [0, 0.05) is 17.6 Å². The molecule has 2 rings (SSSR count). The Labute approximate surface area is 77.0 Å². The van der Waals surface area contributed by atoms with Crippen molar-refractivity contribution < 1.29 is 8.60 Å². The van der Waals surface area contributed by atoms with Crippen LogP contribution in [0.3, 0.4) is 0 Å². The largest absolute Gasteiger partial charge is 0.249 e. The fraction of sp³-hybridized carbons (Fsp3) is 0.333. The molecule has 0 saturated carbocycles. The molecule has 0 bridgehead atoms. The summed E-state index contributed by atoms with van der Waals surface area (Å²) in [5, 5.41) is 0. The Morgan fingerprint density at radius 1 is 1.38 bits per heavy atom. The second-order valence-corrected chi connectivity index (χ2v) is 5.65. The number of benzene rings is 1. The van der Waals surface area contributed by atoms with Gasteiger partial charge in [0.15, 0.2) is 0 Å². The molecule has 0 spiro atoms. The highest BCUT2D eigenvalue weighted by molar-refractivity contribution is 7.95. The maximum Gasteiger partial charge on any atom is 0.125 e. The van der Waals surface area contributed by atoms with Gasteiger partial charge in [-0.05, 0) is 18.6 Å². The summed E-state index contributed by atoms with van der Waals surface area (Å²) < 4.78 is 28.4. The van der Waals surface area contributed by atoms with E-state index in [0.29, 0.717) is 17.2 Å². The summed E-state index contributed by atoms with van der Waals surface area (Å²) >= 11 is 0. The minimum Gasteiger partial charge on any atom is -0.249 e. The number of hydrogen-bond donors (Lipinski definition) is 0. The summed E-state index contributed by atoms with van der Waals surface area (Å²) in [7, 11) is -2.00. The molecule has 1 aliphatic rings. The maximum atomic E-state index is 12.7. The van der Waals surface area contributed by atoms with E-state index in [-0.39, 0.29) is 5.82 Å². The van der Waals surface area contributed by atoms with Gasteiger partial charge in [-0.2, -0.15) is 4.36 Å². The van der Waals surface area contributed by atoms with Crippen molar-refractivity contribution in [2.45, 2.75) is 6.42 Å². The summed E-state index contributed by atoms with van der Waals surface area (Å²) in [5.41, 5.74) is 0.490. The van der Waals surface area contributed by atoms with Crippen LogP contribution in [0.1, 0.15) is 6.42 Å². The molecule has 1 heterocycles. The predicted octanol–water partition coefficient (Wildman–Crippen LogP) is 2.33. The van der Waals surface area contributed by atoms with Crippen LogP contribution >= 0.6 is 0 Å². The highest BCUT2D eigenvalue weighted by atomic mass is 32.2. The number of nitrogens with zero attached hydrogens (tertiary/aromatic N) is 1. The van der Waals surface area contributed by atoms with E-state index < -0.39 is 9.73 Å². The van der Waals surface area contributed by atoms with Gasteiger partial charge in [0.05, 0.1) is 15.4 Å². The zero-order valence-electron chi connectivity index (χ0n) is 7.07. The fourth-order valence-corrected chi connectivity index (χ4v) is 2.67. The van der Waals surface area contributed by atoms with Crippen molar-refractivity contribution in [2.75, 3.05) is 11.5 Å². The molecule has 4 heteroatoms. The van der Waals surface area contributed by atoms with Gasteiger partial charge in [0.2, 0.25) is 0 Å². The first-order valence-corrected chi connectivity index (χ1v) is 6.01. The van der Waals surface area contributed by atoms with Crippen molar-refractivity contribution in [3.63, 3.8) is 0 Å². The van der Waals surface area contributed by atoms with E-state index in [0.717, 1.165) is 6.42 Å². The van der Waals surface area contributed by atoms with Gasteiger partial charge in [0.25, 0.3) is 0 Å². The molecular weight excluding hydrogens is 189 g/mol. The third-order valence-electron chi connectivity index (χ3n) is 2.01. The molecule has 13 heavy (non-hydrogen) atoms. The van der Waals surface area contributed by atoms with Crippen molar-refractivity contribution in [1.82, 2.24) is 0 Å². The van der Waals surface area contributed by atoms with Gasteiger partial charge in [0.1, 0.15) is 5.82 Å². The molecule has 0 amide bonds. The van der Waals surface area contributed by atoms with Gasteiger partial charge < -0.3 is 0 Å². The molecule has 1 fully saturated rings. The first-order valence-electron chi connectivity index (χ1n) is 4.16. The normalized spacial score (nSPS) is 19.2. The Balaban J connectivity index is 2.37. The van der Waals surface area contributed by atoms with E-state index in [4.69, 9.17) is 0 Å². The minimum atomic E-state index is -2.00. The average Bonchev–Trinajstić information content (AvgIpc) is 2.01. The lowest BCUT2D eigenvalue weighted by Crippen LogP contribution is -2.22. The lowest BCUT2D eigenvalue weighted by Gasteiger charge is -2.17. The van der Waals surface area contributed by atoms with Gasteiger partial charge in [-0.3, -0.25) is 0 Å². The summed E-state index contributed by atoms with van der Waals surface area (Å²) in [6.45, 7) is 0. The molecule has 1 aromatic rings. The fourth-order valence-electron chi connectivity index (χ4n) is 1.21. The molecular formula is C9H10FNOS. The maximum absolute atomic E-state index is 12.7. The Bertz CT molecular complexity index is 425. The quantitative estimate of drug-likeness (QED) is 0.682. The Morgan fingerprint density at radius 3 is 2.69 bits per heavy atom. The highest BCUT2D eigenvalue weighted by Crippen LogP contribution is 2.21. The molecule has 0 radical (unpaired) electrons. The first-order chi connectivity index (χ1) is 6.18. The Morgan fingerprint density at radius 2 is 2.15 bits per heavy atom. The number of halogens is 1. The molecule has 1 aromatic carbocycles. The minimum absolute atomic E-state index is 0.330. The molecule has 1 aliphatic heterocycles. The average molecular weight is 199 g/mol. The lowest BCUT2D eigenvalue weighted by atomic mass is 10.3. The summed E-state index contributed by atoms with van der Waals surface area (Å²) in [5.74, 6) is 0.983. The second-order valence-electron chi connectivity index (χ2n) is 3.11. The van der Waals surface area contributed by atoms with Crippen molar-refractivity contribution in [3.8, 4) is 0 Å². The second kappa shape index (κ2) is 3.10. The van der Waals surface area contributed by atoms with Gasteiger partial charge >= 0.3 is 0 Å². The monoisotopic (exact) mass is 199 g/mol. The van der Waals surface area contributed by atoms with E-state index in [9.17, 15) is 8.60 Å². The molecule has 0 aliphatic carbocycles. The van der Waals surface area contributed by atoms with E-state index in [1.807, 2.05) is 0 Å². The summed E-state index contributed by atoms with van der Waals surface area (Å²) in [4.78, 5) is 0. The van der Waals surface area contributed by atoms with Crippen molar-refractivity contribution in [2.24, 2.45) is 4.36 Å². The zero-order chi connectivity index (χ0) is 9.31. The van der Waals surface area contributed by atoms with Crippen LogP contribution in [-0.4, -0.2) is 15.7 Å². The zero-order valence-corrected chi connectivity index (χ0v) is 7.89. The van der Waals surface area contributed by atoms with Gasteiger partial charge in [-0.15, -0.1) is 0 Å². The molecule has 2 nitrogen and oxygen atoms in total. The first kappa shape index (κ1) is 8.69. The Kier molecular flexibility index (Phi) is 2.07. The summed E-state index contributed by atoms with van der Waals surface area (Å²) in [6.07, 6.45) is 0.970. The number of rotatable bonds is 1. The summed E-state index contributed by atoms with van der Waals surface area (Å²) in [6, 6.07) is 5.92. The van der Waals surface area contributed by atoms with Crippen LogP contribution in [0.15, 0.2) is 28.6 Å². The molecule has 70 valence electrons. The van der Waals surface area contributed by atoms with Gasteiger partial charge in [-0.1, -0.05) is 6.07 Å². The molecule has 0 atom stereocenters. The van der Waals surface area contributed by atoms with Crippen LogP contribution < -0.4 is 0 Å². The third-order valence-corrected chi connectivity index (χ3v) is 4.40. The number of hydrogen-bond acceptors (Lipinski definition) is 2. The predicted molar refractivity (Wildman–Crippen MR) is 51.0 cm³/mol. The van der Waals surface area contributed by atoms with Crippen LogP contribution in [0.5, 0.6) is 0 Å². The highest BCUT2D eigenvalue weighted by Gasteiger charge is 2.18. The smallest absolute Gasteiger partial charge is 0.125 e. The van der Waals surface area contributed by atoms with Crippen LogP contribution in [0.4, 0.5) is 10.1 Å². The molecule has 0 N–H and O–H groups in total. The lowest BCUT2D eigenvalue weighted by molar-refractivity contribution is 0.628. The third kappa shape index (κ3) is 1.88. The molecule has 0 aromatic heterocycles. The van der Waals surface area contributed by atoms with E-state index in [1.54, 1.807) is 12.1 Å². The standard InChI is InChI=1S/C9H10FNOS/c10-8-3-1-4-9(7-8)11-13(12)5-2-6-13/h1,3-4,7H,2,5-6H2. The van der Waals surface area contributed by atoms with Crippen molar-refractivity contribution in [1.29, 1.82) is 0 Å². The van der Waals surface area contributed by atoms with Crippen LogP contribution in [0, 0.1) is 5.82 Å².